The highest BCUT2D eigenvalue weighted by atomic mass is 16.4. The van der Waals surface area contributed by atoms with Crippen molar-refractivity contribution in [2.45, 2.75) is 38.3 Å². The fraction of sp³-hybridized carbons (Fsp3) is 0.316. The molecule has 1 atom stereocenters. The number of hydrogen-bond donors (Lipinski definition) is 2. The number of carbonyl (C=O) groups is 1. The van der Waals surface area contributed by atoms with Gasteiger partial charge in [-0.3, -0.25) is 10.1 Å². The van der Waals surface area contributed by atoms with Gasteiger partial charge in [-0.15, -0.1) is 0 Å². The lowest BCUT2D eigenvalue weighted by atomic mass is 9.90. The first-order chi connectivity index (χ1) is 10.7. The van der Waals surface area contributed by atoms with Crippen molar-refractivity contribution in [2.24, 2.45) is 0 Å². The molecule has 0 heterocycles. The second-order valence-corrected chi connectivity index (χ2v) is 5.87. The van der Waals surface area contributed by atoms with Crippen LogP contribution < -0.4 is 5.32 Å². The van der Waals surface area contributed by atoms with Gasteiger partial charge in [-0.25, -0.2) is 0 Å². The first-order valence-electron chi connectivity index (χ1n) is 7.86. The predicted octanol–water partition coefficient (Wildman–Crippen LogP) is 3.48. The third kappa shape index (κ3) is 3.37. The zero-order valence-corrected chi connectivity index (χ0v) is 12.6. The molecule has 22 heavy (non-hydrogen) atoms. The van der Waals surface area contributed by atoms with E-state index in [-0.39, 0.29) is 0 Å². The molecule has 2 N–H and O–H groups in total. The summed E-state index contributed by atoms with van der Waals surface area (Å²) in [4.78, 5) is 11.5. The summed E-state index contributed by atoms with van der Waals surface area (Å²) in [5, 5.41) is 12.6. The first kappa shape index (κ1) is 14.8. The third-order valence-corrected chi connectivity index (χ3v) is 4.30. The van der Waals surface area contributed by atoms with Crippen LogP contribution in [0.5, 0.6) is 0 Å². The summed E-state index contributed by atoms with van der Waals surface area (Å²) in [6, 6.07) is 15.2. The molecule has 0 bridgehead atoms. The van der Waals surface area contributed by atoms with E-state index in [0.717, 1.165) is 17.5 Å². The summed E-state index contributed by atoms with van der Waals surface area (Å²) < 4.78 is 0. The molecule has 3 heteroatoms. The number of nitrogens with one attached hydrogen (secondary N) is 1. The van der Waals surface area contributed by atoms with E-state index in [0.29, 0.717) is 6.54 Å². The molecule has 1 aliphatic carbocycles. The van der Waals surface area contributed by atoms with E-state index < -0.39 is 12.0 Å². The molecule has 0 unspecified atom stereocenters. The topological polar surface area (TPSA) is 49.3 Å². The van der Waals surface area contributed by atoms with Gasteiger partial charge in [0.05, 0.1) is 0 Å². The minimum atomic E-state index is -0.843. The first-order valence-corrected chi connectivity index (χ1v) is 7.86. The summed E-state index contributed by atoms with van der Waals surface area (Å²) in [7, 11) is 0. The van der Waals surface area contributed by atoms with Crippen molar-refractivity contribution in [3.05, 3.63) is 70.8 Å². The van der Waals surface area contributed by atoms with Crippen LogP contribution in [0, 0.1) is 0 Å². The van der Waals surface area contributed by atoms with Crippen molar-refractivity contribution in [1.82, 2.24) is 5.32 Å². The van der Waals surface area contributed by atoms with E-state index in [2.05, 4.69) is 23.5 Å². The molecule has 0 spiro atoms. The van der Waals surface area contributed by atoms with Crippen LogP contribution in [-0.2, 0) is 24.2 Å². The minimum absolute atomic E-state index is 0.569. The van der Waals surface area contributed by atoms with E-state index in [1.165, 1.54) is 30.4 Å². The zero-order chi connectivity index (χ0) is 15.4. The van der Waals surface area contributed by atoms with Gasteiger partial charge < -0.3 is 5.11 Å². The van der Waals surface area contributed by atoms with Gasteiger partial charge in [-0.05, 0) is 47.9 Å². The predicted molar refractivity (Wildman–Crippen MR) is 86.7 cm³/mol. The van der Waals surface area contributed by atoms with Gasteiger partial charge in [0, 0.05) is 6.54 Å². The smallest absolute Gasteiger partial charge is 0.325 e. The third-order valence-electron chi connectivity index (χ3n) is 4.30. The number of aryl methyl sites for hydroxylation is 2. The molecule has 3 rings (SSSR count). The Morgan fingerprint density at radius 2 is 1.77 bits per heavy atom. The van der Waals surface area contributed by atoms with E-state index in [1.54, 1.807) is 0 Å². The normalized spacial score (nSPS) is 15.1. The van der Waals surface area contributed by atoms with Gasteiger partial charge in [-0.2, -0.15) is 0 Å². The van der Waals surface area contributed by atoms with Crippen molar-refractivity contribution >= 4 is 5.97 Å². The van der Waals surface area contributed by atoms with Gasteiger partial charge >= 0.3 is 5.97 Å². The molecule has 0 saturated carbocycles. The monoisotopic (exact) mass is 295 g/mol. The van der Waals surface area contributed by atoms with E-state index in [1.807, 2.05) is 30.3 Å². The lowest BCUT2D eigenvalue weighted by Crippen LogP contribution is -2.28. The van der Waals surface area contributed by atoms with Gasteiger partial charge in [0.25, 0.3) is 0 Å². The van der Waals surface area contributed by atoms with Crippen molar-refractivity contribution in [1.29, 1.82) is 0 Å². The summed E-state index contributed by atoms with van der Waals surface area (Å²) in [5.41, 5.74) is 4.82. The van der Waals surface area contributed by atoms with Crippen LogP contribution in [0.1, 0.15) is 41.1 Å². The highest BCUT2D eigenvalue weighted by molar-refractivity contribution is 5.75. The Morgan fingerprint density at radius 1 is 1.05 bits per heavy atom. The zero-order valence-electron chi connectivity index (χ0n) is 12.6. The summed E-state index contributed by atoms with van der Waals surface area (Å²) in [6.07, 6.45) is 4.85. The molecule has 2 aromatic carbocycles. The van der Waals surface area contributed by atoms with Crippen molar-refractivity contribution in [3.63, 3.8) is 0 Å². The van der Waals surface area contributed by atoms with Gasteiger partial charge in [0.15, 0.2) is 0 Å². The number of carboxylic acid groups (broad SMARTS) is 1. The van der Waals surface area contributed by atoms with Crippen molar-refractivity contribution < 1.29 is 9.90 Å². The van der Waals surface area contributed by atoms with Gasteiger partial charge in [-0.1, -0.05) is 48.5 Å². The maximum Gasteiger partial charge on any atom is 0.325 e. The van der Waals surface area contributed by atoms with Crippen LogP contribution in [0.25, 0.3) is 0 Å². The van der Waals surface area contributed by atoms with Gasteiger partial charge in [0.2, 0.25) is 0 Å². The van der Waals surface area contributed by atoms with E-state index >= 15 is 0 Å². The molecule has 0 saturated heterocycles. The summed E-state index contributed by atoms with van der Waals surface area (Å²) in [6.45, 7) is 0.569. The van der Waals surface area contributed by atoms with Gasteiger partial charge in [0.1, 0.15) is 6.04 Å². The lowest BCUT2D eigenvalue weighted by Gasteiger charge is -2.18. The Morgan fingerprint density at radius 3 is 2.50 bits per heavy atom. The van der Waals surface area contributed by atoms with E-state index in [4.69, 9.17) is 0 Å². The van der Waals surface area contributed by atoms with Crippen LogP contribution >= 0.6 is 0 Å². The molecule has 0 radical (unpaired) electrons. The number of rotatable bonds is 5. The molecule has 2 aromatic rings. The van der Waals surface area contributed by atoms with E-state index in [9.17, 15) is 9.90 Å². The maximum absolute atomic E-state index is 11.5. The lowest BCUT2D eigenvalue weighted by molar-refractivity contribution is -0.139. The summed E-state index contributed by atoms with van der Waals surface area (Å²) in [5.74, 6) is -0.843. The molecular formula is C19H21NO2. The fourth-order valence-corrected chi connectivity index (χ4v) is 3.11. The van der Waals surface area contributed by atoms with Crippen LogP contribution in [0.4, 0.5) is 0 Å². The molecular weight excluding hydrogens is 274 g/mol. The van der Waals surface area contributed by atoms with Crippen molar-refractivity contribution in [2.75, 3.05) is 0 Å². The highest BCUT2D eigenvalue weighted by Gasteiger charge is 2.19. The van der Waals surface area contributed by atoms with Crippen LogP contribution in [0.3, 0.4) is 0 Å². The molecule has 0 amide bonds. The standard InChI is InChI=1S/C19H21NO2/c21-19(22)18(16-7-2-1-3-8-16)20-13-14-10-11-15-6-4-5-9-17(15)12-14/h1-3,7-8,10-12,18,20H,4-6,9,13H2,(H,21,22)/t18-/m1/s1. The fourth-order valence-electron chi connectivity index (χ4n) is 3.11. The molecule has 0 aromatic heterocycles. The second kappa shape index (κ2) is 6.75. The Labute approximate surface area is 131 Å². The molecule has 0 aliphatic heterocycles. The maximum atomic E-state index is 11.5. The summed E-state index contributed by atoms with van der Waals surface area (Å²) >= 11 is 0. The SMILES string of the molecule is O=C(O)[C@H](NCc1ccc2c(c1)CCCC2)c1ccccc1. The average molecular weight is 295 g/mol. The number of benzene rings is 2. The highest BCUT2D eigenvalue weighted by Crippen LogP contribution is 2.22. The Kier molecular flexibility index (Phi) is 4.54. The number of hydrogen-bond acceptors (Lipinski definition) is 2. The molecule has 0 fully saturated rings. The van der Waals surface area contributed by atoms with Crippen LogP contribution in [-0.4, -0.2) is 11.1 Å². The molecule has 1 aliphatic rings. The number of fused-ring (bicyclic) bond motifs is 1. The average Bonchev–Trinajstić information content (AvgIpc) is 2.55. The number of aliphatic carboxylic acids is 1. The minimum Gasteiger partial charge on any atom is -0.480 e. The molecule has 114 valence electrons. The Hall–Kier alpha value is -2.13. The Balaban J connectivity index is 1.71. The second-order valence-electron chi connectivity index (χ2n) is 5.87. The number of carboxylic acids is 1. The largest absolute Gasteiger partial charge is 0.480 e. The Bertz CT molecular complexity index is 652. The van der Waals surface area contributed by atoms with Crippen LogP contribution in [0.15, 0.2) is 48.5 Å². The quantitative estimate of drug-likeness (QED) is 0.888. The molecule has 3 nitrogen and oxygen atoms in total. The van der Waals surface area contributed by atoms with Crippen molar-refractivity contribution in [3.8, 4) is 0 Å². The van der Waals surface area contributed by atoms with Crippen LogP contribution in [0.2, 0.25) is 0 Å².